The number of aromatic nitrogens is 2. The van der Waals surface area contributed by atoms with E-state index < -0.39 is 0 Å². The fourth-order valence-corrected chi connectivity index (χ4v) is 2.57. The van der Waals surface area contributed by atoms with E-state index in [2.05, 4.69) is 27.5 Å². The lowest BCUT2D eigenvalue weighted by Gasteiger charge is -2.13. The minimum absolute atomic E-state index is 0.403. The topological polar surface area (TPSA) is 85.1 Å². The lowest BCUT2D eigenvalue weighted by molar-refractivity contribution is 0.309. The molecule has 1 aromatic heterocycles. The van der Waals surface area contributed by atoms with Crippen LogP contribution in [0.3, 0.4) is 0 Å². The van der Waals surface area contributed by atoms with Gasteiger partial charge in [0.1, 0.15) is 17.8 Å². The maximum Gasteiger partial charge on any atom is 0.159 e. The minimum atomic E-state index is 0.403. The number of unbranched alkanes of at least 4 members (excludes halogenated alkanes) is 1. The van der Waals surface area contributed by atoms with Gasteiger partial charge >= 0.3 is 0 Å². The molecule has 0 atom stereocenters. The van der Waals surface area contributed by atoms with Crippen LogP contribution in [0.4, 0.5) is 28.7 Å². The first-order valence-electron chi connectivity index (χ1n) is 8.79. The zero-order valence-corrected chi connectivity index (χ0v) is 15.8. The van der Waals surface area contributed by atoms with Gasteiger partial charge in [-0.05, 0) is 42.8 Å². The molecular formula is C20H22ClN5O. The summed E-state index contributed by atoms with van der Waals surface area (Å²) in [6.45, 7) is 2.86. The maximum absolute atomic E-state index is 6.22. The first-order valence-corrected chi connectivity index (χ1v) is 9.17. The molecule has 0 fully saturated rings. The molecule has 0 aliphatic carbocycles. The summed E-state index contributed by atoms with van der Waals surface area (Å²) in [5, 5.41) is 6.93. The molecule has 0 bridgehead atoms. The lowest BCUT2D eigenvalue weighted by atomic mass is 10.3. The van der Waals surface area contributed by atoms with E-state index >= 15 is 0 Å². The molecule has 1 heterocycles. The lowest BCUT2D eigenvalue weighted by Crippen LogP contribution is -2.05. The van der Waals surface area contributed by atoms with Gasteiger partial charge < -0.3 is 21.1 Å². The predicted molar refractivity (Wildman–Crippen MR) is 111 cm³/mol. The van der Waals surface area contributed by atoms with Crippen LogP contribution in [0, 0.1) is 0 Å². The molecule has 140 valence electrons. The van der Waals surface area contributed by atoms with Gasteiger partial charge in [-0.25, -0.2) is 9.97 Å². The van der Waals surface area contributed by atoms with Crippen LogP contribution in [-0.2, 0) is 0 Å². The van der Waals surface area contributed by atoms with Crippen LogP contribution in [0.5, 0.6) is 5.75 Å². The number of hydrogen-bond acceptors (Lipinski definition) is 6. The number of halogens is 1. The second kappa shape index (κ2) is 9.09. The molecule has 0 saturated carbocycles. The van der Waals surface area contributed by atoms with E-state index in [4.69, 9.17) is 22.1 Å². The van der Waals surface area contributed by atoms with Gasteiger partial charge in [0.15, 0.2) is 11.6 Å². The fourth-order valence-electron chi connectivity index (χ4n) is 2.39. The van der Waals surface area contributed by atoms with Gasteiger partial charge in [0.05, 0.1) is 17.3 Å². The molecule has 0 radical (unpaired) electrons. The van der Waals surface area contributed by atoms with E-state index in [0.717, 1.165) is 36.6 Å². The number of para-hydroxylation sites is 1. The Morgan fingerprint density at radius 2 is 1.70 bits per heavy atom. The third-order valence-corrected chi connectivity index (χ3v) is 4.22. The zero-order valence-electron chi connectivity index (χ0n) is 15.1. The number of nitrogens with zero attached hydrogens (tertiary/aromatic N) is 2. The number of nitrogens with one attached hydrogen (secondary N) is 2. The van der Waals surface area contributed by atoms with Crippen molar-refractivity contribution >= 4 is 40.3 Å². The zero-order chi connectivity index (χ0) is 19.1. The molecule has 0 aliphatic rings. The Hall–Kier alpha value is -2.99. The summed E-state index contributed by atoms with van der Waals surface area (Å²) in [4.78, 5) is 8.44. The summed E-state index contributed by atoms with van der Waals surface area (Å²) in [6, 6.07) is 15.1. The second-order valence-electron chi connectivity index (χ2n) is 5.94. The quantitative estimate of drug-likeness (QED) is 0.453. The third kappa shape index (κ3) is 5.01. The minimum Gasteiger partial charge on any atom is -0.494 e. The molecule has 4 N–H and O–H groups in total. The summed E-state index contributed by atoms with van der Waals surface area (Å²) >= 11 is 6.18. The summed E-state index contributed by atoms with van der Waals surface area (Å²) in [7, 11) is 0. The van der Waals surface area contributed by atoms with Gasteiger partial charge in [-0.1, -0.05) is 37.1 Å². The SMILES string of the molecule is CCCCOc1ccc(Nc2ncnc(Nc3ccccc3Cl)c2N)cc1. The van der Waals surface area contributed by atoms with Crippen molar-refractivity contribution in [3.63, 3.8) is 0 Å². The van der Waals surface area contributed by atoms with Crippen LogP contribution in [0.25, 0.3) is 0 Å². The van der Waals surface area contributed by atoms with Crippen molar-refractivity contribution in [1.82, 2.24) is 9.97 Å². The molecule has 0 unspecified atom stereocenters. The van der Waals surface area contributed by atoms with E-state index in [9.17, 15) is 0 Å². The first-order chi connectivity index (χ1) is 13.2. The normalized spacial score (nSPS) is 10.4. The molecule has 0 aliphatic heterocycles. The smallest absolute Gasteiger partial charge is 0.159 e. The van der Waals surface area contributed by atoms with Gasteiger partial charge in [0.2, 0.25) is 0 Å². The number of nitrogen functional groups attached to an aromatic ring is 1. The van der Waals surface area contributed by atoms with Gasteiger partial charge in [0, 0.05) is 5.69 Å². The van der Waals surface area contributed by atoms with E-state index in [-0.39, 0.29) is 0 Å². The highest BCUT2D eigenvalue weighted by molar-refractivity contribution is 6.33. The first kappa shape index (κ1) is 18.8. The molecular weight excluding hydrogens is 362 g/mol. The van der Waals surface area contributed by atoms with E-state index in [1.165, 1.54) is 6.33 Å². The van der Waals surface area contributed by atoms with Crippen LogP contribution in [-0.4, -0.2) is 16.6 Å². The van der Waals surface area contributed by atoms with Crippen LogP contribution in [0.15, 0.2) is 54.9 Å². The molecule has 0 spiro atoms. The molecule has 3 rings (SSSR count). The average molecular weight is 384 g/mol. The molecule has 7 heteroatoms. The van der Waals surface area contributed by atoms with E-state index in [0.29, 0.717) is 22.3 Å². The maximum atomic E-state index is 6.22. The Bertz CT molecular complexity index is 886. The van der Waals surface area contributed by atoms with Crippen molar-refractivity contribution in [2.75, 3.05) is 23.0 Å². The third-order valence-electron chi connectivity index (χ3n) is 3.89. The highest BCUT2D eigenvalue weighted by Gasteiger charge is 2.10. The summed E-state index contributed by atoms with van der Waals surface area (Å²) in [5.41, 5.74) is 8.21. The summed E-state index contributed by atoms with van der Waals surface area (Å²) < 4.78 is 5.67. The van der Waals surface area contributed by atoms with Crippen molar-refractivity contribution in [3.8, 4) is 5.75 Å². The average Bonchev–Trinajstić information content (AvgIpc) is 2.68. The number of rotatable bonds is 8. The van der Waals surface area contributed by atoms with Gasteiger partial charge in [0.25, 0.3) is 0 Å². The van der Waals surface area contributed by atoms with Crippen LogP contribution in [0.1, 0.15) is 19.8 Å². The number of nitrogens with two attached hydrogens (primary N) is 1. The van der Waals surface area contributed by atoms with E-state index in [1.807, 2.05) is 42.5 Å². The van der Waals surface area contributed by atoms with Crippen molar-refractivity contribution in [3.05, 3.63) is 59.9 Å². The monoisotopic (exact) mass is 383 g/mol. The number of benzene rings is 2. The van der Waals surface area contributed by atoms with Crippen LogP contribution >= 0.6 is 11.6 Å². The molecule has 27 heavy (non-hydrogen) atoms. The largest absolute Gasteiger partial charge is 0.494 e. The Morgan fingerprint density at radius 1 is 1.00 bits per heavy atom. The number of anilines is 5. The Morgan fingerprint density at radius 3 is 2.41 bits per heavy atom. The van der Waals surface area contributed by atoms with Crippen LogP contribution < -0.4 is 21.1 Å². The Labute approximate surface area is 163 Å². The predicted octanol–water partition coefficient (Wildman–Crippen LogP) is 5.38. The highest BCUT2D eigenvalue weighted by atomic mass is 35.5. The molecule has 0 saturated heterocycles. The molecule has 3 aromatic rings. The van der Waals surface area contributed by atoms with Crippen LogP contribution in [0.2, 0.25) is 5.02 Å². The highest BCUT2D eigenvalue weighted by Crippen LogP contribution is 2.31. The molecule has 2 aromatic carbocycles. The van der Waals surface area contributed by atoms with Gasteiger partial charge in [-0.15, -0.1) is 0 Å². The van der Waals surface area contributed by atoms with Crippen molar-refractivity contribution in [2.45, 2.75) is 19.8 Å². The van der Waals surface area contributed by atoms with E-state index in [1.54, 1.807) is 6.07 Å². The van der Waals surface area contributed by atoms with Crippen molar-refractivity contribution in [2.24, 2.45) is 0 Å². The van der Waals surface area contributed by atoms with Crippen molar-refractivity contribution in [1.29, 1.82) is 0 Å². The fraction of sp³-hybridized carbons (Fsp3) is 0.200. The van der Waals surface area contributed by atoms with Gasteiger partial charge in [-0.3, -0.25) is 0 Å². The standard InChI is InChI=1S/C20H22ClN5O/c1-2-3-12-27-15-10-8-14(9-11-15)25-19-18(22)20(24-13-23-19)26-17-7-5-4-6-16(17)21/h4-11,13H,2-3,12,22H2,1H3,(H2,23,24,25,26). The Balaban J connectivity index is 1.71. The number of ether oxygens (including phenoxy) is 1. The summed E-state index contributed by atoms with van der Waals surface area (Å²) in [5.74, 6) is 1.84. The van der Waals surface area contributed by atoms with Gasteiger partial charge in [-0.2, -0.15) is 0 Å². The molecule has 0 amide bonds. The number of hydrogen-bond donors (Lipinski definition) is 3. The molecule has 6 nitrogen and oxygen atoms in total. The summed E-state index contributed by atoms with van der Waals surface area (Å²) in [6.07, 6.45) is 3.59. The second-order valence-corrected chi connectivity index (χ2v) is 6.35. The van der Waals surface area contributed by atoms with Crippen molar-refractivity contribution < 1.29 is 4.74 Å². The Kier molecular flexibility index (Phi) is 6.33.